The van der Waals surface area contributed by atoms with Crippen molar-refractivity contribution in [3.05, 3.63) is 30.1 Å². The van der Waals surface area contributed by atoms with E-state index >= 15 is 0 Å². The summed E-state index contributed by atoms with van der Waals surface area (Å²) in [6.45, 7) is 11.1. The summed E-state index contributed by atoms with van der Waals surface area (Å²) >= 11 is 0. The molecule has 108 valence electrons. The lowest BCUT2D eigenvalue weighted by atomic mass is 10.0. The molecule has 3 nitrogen and oxygen atoms in total. The molecule has 1 aromatic rings. The highest BCUT2D eigenvalue weighted by Crippen LogP contribution is 2.08. The van der Waals surface area contributed by atoms with Gasteiger partial charge < -0.3 is 10.2 Å². The molecule has 0 saturated heterocycles. The van der Waals surface area contributed by atoms with Crippen molar-refractivity contribution in [1.82, 2.24) is 15.2 Å². The smallest absolute Gasteiger partial charge is 0.0270 e. The highest BCUT2D eigenvalue weighted by Gasteiger charge is 2.16. The van der Waals surface area contributed by atoms with Crippen molar-refractivity contribution in [1.29, 1.82) is 0 Å². The molecule has 0 amide bonds. The Kier molecular flexibility index (Phi) is 6.46. The van der Waals surface area contributed by atoms with Crippen LogP contribution in [0.4, 0.5) is 0 Å². The second kappa shape index (κ2) is 7.61. The zero-order chi connectivity index (χ0) is 14.3. The zero-order valence-corrected chi connectivity index (χ0v) is 13.1. The van der Waals surface area contributed by atoms with Gasteiger partial charge in [0.15, 0.2) is 0 Å². The summed E-state index contributed by atoms with van der Waals surface area (Å²) in [5, 5.41) is 3.64. The third kappa shape index (κ3) is 6.17. The van der Waals surface area contributed by atoms with Crippen LogP contribution in [0, 0.1) is 0 Å². The Morgan fingerprint density at radius 1 is 1.32 bits per heavy atom. The second-order valence-corrected chi connectivity index (χ2v) is 6.05. The molecule has 0 aliphatic carbocycles. The number of rotatable bonds is 8. The summed E-state index contributed by atoms with van der Waals surface area (Å²) in [7, 11) is 2.20. The van der Waals surface area contributed by atoms with E-state index in [0.717, 1.165) is 25.9 Å². The average Bonchev–Trinajstić information content (AvgIpc) is 2.43. The minimum Gasteiger partial charge on any atom is -0.310 e. The number of likely N-dealkylation sites (N-methyl/N-ethyl adjacent to an activating group) is 1. The molecular weight excluding hydrogens is 234 g/mol. The number of nitrogens with one attached hydrogen (secondary N) is 1. The van der Waals surface area contributed by atoms with E-state index in [4.69, 9.17) is 0 Å². The van der Waals surface area contributed by atoms with Crippen LogP contribution in [0.2, 0.25) is 0 Å². The van der Waals surface area contributed by atoms with Crippen LogP contribution in [0.25, 0.3) is 0 Å². The summed E-state index contributed by atoms with van der Waals surface area (Å²) < 4.78 is 0. The van der Waals surface area contributed by atoms with E-state index in [2.05, 4.69) is 62.1 Å². The third-order valence-corrected chi connectivity index (χ3v) is 4.01. The first-order valence-electron chi connectivity index (χ1n) is 7.29. The van der Waals surface area contributed by atoms with Gasteiger partial charge in [0.1, 0.15) is 0 Å². The minimum absolute atomic E-state index is 0.236. The molecule has 1 N–H and O–H groups in total. The normalized spacial score (nSPS) is 13.8. The fourth-order valence-electron chi connectivity index (χ4n) is 1.78. The van der Waals surface area contributed by atoms with Gasteiger partial charge in [-0.2, -0.15) is 0 Å². The molecule has 0 spiro atoms. The molecule has 1 heterocycles. The molecule has 1 rings (SSSR count). The first kappa shape index (κ1) is 16.1. The number of hydrogen-bond donors (Lipinski definition) is 1. The van der Waals surface area contributed by atoms with Gasteiger partial charge in [0, 0.05) is 37.1 Å². The molecule has 0 bridgehead atoms. The molecule has 3 heteroatoms. The first-order chi connectivity index (χ1) is 8.94. The molecule has 1 unspecified atom stereocenters. The number of nitrogens with zero attached hydrogens (tertiary/aromatic N) is 2. The molecule has 0 radical (unpaired) electrons. The van der Waals surface area contributed by atoms with Gasteiger partial charge >= 0.3 is 0 Å². The number of pyridine rings is 1. The summed E-state index contributed by atoms with van der Waals surface area (Å²) in [5.41, 5.74) is 1.59. The maximum Gasteiger partial charge on any atom is 0.0270 e. The Balaban J connectivity index is 2.31. The predicted molar refractivity (Wildman–Crippen MR) is 82.4 cm³/mol. The Morgan fingerprint density at radius 3 is 2.53 bits per heavy atom. The van der Waals surface area contributed by atoms with Gasteiger partial charge in [0.05, 0.1) is 0 Å². The summed E-state index contributed by atoms with van der Waals surface area (Å²) in [6, 6.07) is 4.74. The highest BCUT2D eigenvalue weighted by molar-refractivity contribution is 5.09. The Morgan fingerprint density at radius 2 is 1.95 bits per heavy atom. The standard InChI is InChI=1S/C16H29N3/c1-6-16(3,4)18-13-14(2)19(5)12-9-15-7-10-17-11-8-15/h7-8,10-11,14,18H,6,9,12-13H2,1-5H3. The van der Waals surface area contributed by atoms with Crippen LogP contribution in [0.15, 0.2) is 24.5 Å². The van der Waals surface area contributed by atoms with Crippen LogP contribution in [0.1, 0.15) is 39.7 Å². The molecule has 19 heavy (non-hydrogen) atoms. The van der Waals surface area contributed by atoms with Gasteiger partial charge in [0.25, 0.3) is 0 Å². The molecular formula is C16H29N3. The molecule has 0 aliphatic rings. The predicted octanol–water partition coefficient (Wildman–Crippen LogP) is 2.72. The van der Waals surface area contributed by atoms with Crippen LogP contribution >= 0.6 is 0 Å². The first-order valence-corrected chi connectivity index (χ1v) is 7.29. The quantitative estimate of drug-likeness (QED) is 0.781. The van der Waals surface area contributed by atoms with Gasteiger partial charge in [-0.15, -0.1) is 0 Å². The maximum absolute atomic E-state index is 4.05. The summed E-state index contributed by atoms with van der Waals surface area (Å²) in [4.78, 5) is 6.47. The van der Waals surface area contributed by atoms with Crippen molar-refractivity contribution in [2.75, 3.05) is 20.1 Å². The molecule has 0 saturated carbocycles. The van der Waals surface area contributed by atoms with E-state index in [1.165, 1.54) is 5.56 Å². The lowest BCUT2D eigenvalue weighted by molar-refractivity contribution is 0.232. The van der Waals surface area contributed by atoms with E-state index in [-0.39, 0.29) is 5.54 Å². The van der Waals surface area contributed by atoms with E-state index in [1.54, 1.807) is 0 Å². The third-order valence-electron chi connectivity index (χ3n) is 4.01. The van der Waals surface area contributed by atoms with E-state index in [0.29, 0.717) is 6.04 Å². The van der Waals surface area contributed by atoms with Crippen LogP contribution in [-0.4, -0.2) is 41.6 Å². The molecule has 1 aromatic heterocycles. The topological polar surface area (TPSA) is 28.2 Å². The van der Waals surface area contributed by atoms with Crippen molar-refractivity contribution in [2.24, 2.45) is 0 Å². The van der Waals surface area contributed by atoms with Crippen LogP contribution in [-0.2, 0) is 6.42 Å². The largest absolute Gasteiger partial charge is 0.310 e. The zero-order valence-electron chi connectivity index (χ0n) is 13.1. The van der Waals surface area contributed by atoms with Gasteiger partial charge in [-0.3, -0.25) is 4.98 Å². The van der Waals surface area contributed by atoms with Gasteiger partial charge in [-0.05, 0) is 58.4 Å². The summed E-state index contributed by atoms with van der Waals surface area (Å²) in [5.74, 6) is 0. The van der Waals surface area contributed by atoms with E-state index in [9.17, 15) is 0 Å². The molecule has 0 fully saturated rings. The van der Waals surface area contributed by atoms with Gasteiger partial charge in [0.2, 0.25) is 0 Å². The minimum atomic E-state index is 0.236. The second-order valence-electron chi connectivity index (χ2n) is 6.05. The Labute approximate surface area is 118 Å². The fraction of sp³-hybridized carbons (Fsp3) is 0.688. The van der Waals surface area contributed by atoms with Crippen molar-refractivity contribution in [3.63, 3.8) is 0 Å². The van der Waals surface area contributed by atoms with Gasteiger partial charge in [-0.1, -0.05) is 6.92 Å². The Bertz CT molecular complexity index is 348. The van der Waals surface area contributed by atoms with Gasteiger partial charge in [-0.25, -0.2) is 0 Å². The van der Waals surface area contributed by atoms with E-state index in [1.807, 2.05) is 12.4 Å². The fourth-order valence-corrected chi connectivity index (χ4v) is 1.78. The van der Waals surface area contributed by atoms with Crippen molar-refractivity contribution in [2.45, 2.75) is 52.1 Å². The maximum atomic E-state index is 4.05. The SMILES string of the molecule is CCC(C)(C)NCC(C)N(C)CCc1ccncc1. The average molecular weight is 263 g/mol. The van der Waals surface area contributed by atoms with Crippen LogP contribution < -0.4 is 5.32 Å². The lowest BCUT2D eigenvalue weighted by Crippen LogP contribution is -2.46. The van der Waals surface area contributed by atoms with Crippen molar-refractivity contribution in [3.8, 4) is 0 Å². The van der Waals surface area contributed by atoms with E-state index < -0.39 is 0 Å². The molecule has 1 atom stereocenters. The van der Waals surface area contributed by atoms with Crippen molar-refractivity contribution < 1.29 is 0 Å². The number of aromatic nitrogens is 1. The highest BCUT2D eigenvalue weighted by atomic mass is 15.1. The summed E-state index contributed by atoms with van der Waals surface area (Å²) in [6.07, 6.45) is 5.97. The van der Waals surface area contributed by atoms with Crippen LogP contribution in [0.5, 0.6) is 0 Å². The van der Waals surface area contributed by atoms with Crippen molar-refractivity contribution >= 4 is 0 Å². The van der Waals surface area contributed by atoms with Crippen LogP contribution in [0.3, 0.4) is 0 Å². The molecule has 0 aliphatic heterocycles. The molecule has 0 aromatic carbocycles. The number of hydrogen-bond acceptors (Lipinski definition) is 3. The lowest BCUT2D eigenvalue weighted by Gasteiger charge is -2.30. The monoisotopic (exact) mass is 263 g/mol. The Hall–Kier alpha value is -0.930.